The van der Waals surface area contributed by atoms with Gasteiger partial charge in [-0.15, -0.1) is 0 Å². The highest BCUT2D eigenvalue weighted by molar-refractivity contribution is 6.15. The molecule has 0 atom stereocenters. The van der Waals surface area contributed by atoms with E-state index in [2.05, 4.69) is 0 Å². The molecule has 4 rings (SSSR count). The van der Waals surface area contributed by atoms with E-state index in [0.717, 1.165) is 0 Å². The van der Waals surface area contributed by atoms with Gasteiger partial charge in [-0.1, -0.05) is 12.1 Å². The number of ether oxygens (including phenoxy) is 4. The molecule has 0 spiro atoms. The number of fused-ring (bicyclic) bond motifs is 1. The molecule has 0 amide bonds. The van der Waals surface area contributed by atoms with Crippen molar-refractivity contribution in [3.05, 3.63) is 76.9 Å². The van der Waals surface area contributed by atoms with Gasteiger partial charge in [0, 0.05) is 11.1 Å². The first-order valence-electron chi connectivity index (χ1n) is 9.08. The maximum absolute atomic E-state index is 12.8. The Hall–Kier alpha value is -4.00. The minimum atomic E-state index is -0.635. The molecule has 0 bridgehead atoms. The Morgan fingerprint density at radius 1 is 1.00 bits per heavy atom. The van der Waals surface area contributed by atoms with Gasteiger partial charge in [0.2, 0.25) is 11.5 Å². The lowest BCUT2D eigenvalue weighted by Crippen LogP contribution is -2.08. The zero-order valence-electron chi connectivity index (χ0n) is 16.6. The molecule has 0 radical (unpaired) electrons. The molecule has 0 N–H and O–H groups in total. The standard InChI is InChI=1S/C23H18O7/c1-13-16(30-23(25)18-8-5-11-28-18)10-9-15-20(24)19(29-21(13)15)12-14-6-4-7-17(26-2)22(14)27-3/h4-12H,1-3H3/b19-12-. The van der Waals surface area contributed by atoms with E-state index in [0.29, 0.717) is 33.9 Å². The summed E-state index contributed by atoms with van der Waals surface area (Å²) < 4.78 is 27.0. The van der Waals surface area contributed by atoms with Gasteiger partial charge in [0.05, 0.1) is 26.0 Å². The van der Waals surface area contributed by atoms with Gasteiger partial charge in [0.1, 0.15) is 11.5 Å². The summed E-state index contributed by atoms with van der Waals surface area (Å²) in [5.74, 6) is 0.960. The van der Waals surface area contributed by atoms with E-state index in [4.69, 9.17) is 23.4 Å². The van der Waals surface area contributed by atoms with Crippen LogP contribution < -0.4 is 18.9 Å². The molecule has 0 saturated heterocycles. The number of methoxy groups -OCH3 is 2. The Kier molecular flexibility index (Phi) is 5.02. The monoisotopic (exact) mass is 406 g/mol. The number of esters is 1. The van der Waals surface area contributed by atoms with E-state index in [1.54, 1.807) is 49.4 Å². The molecule has 3 aromatic rings. The number of rotatable bonds is 5. The molecule has 2 heterocycles. The molecular weight excluding hydrogens is 388 g/mol. The number of ketones is 1. The van der Waals surface area contributed by atoms with Gasteiger partial charge < -0.3 is 23.4 Å². The number of carbonyl (C=O) groups excluding carboxylic acids is 2. The summed E-state index contributed by atoms with van der Waals surface area (Å²) in [7, 11) is 3.06. The van der Waals surface area contributed by atoms with E-state index < -0.39 is 5.97 Å². The van der Waals surface area contributed by atoms with Gasteiger partial charge in [-0.05, 0) is 43.3 Å². The van der Waals surface area contributed by atoms with Gasteiger partial charge in [0.25, 0.3) is 0 Å². The Bertz CT molecular complexity index is 1160. The van der Waals surface area contributed by atoms with Crippen molar-refractivity contribution in [2.75, 3.05) is 14.2 Å². The van der Waals surface area contributed by atoms with E-state index in [-0.39, 0.29) is 23.1 Å². The van der Waals surface area contributed by atoms with Crippen LogP contribution in [-0.2, 0) is 0 Å². The average Bonchev–Trinajstić information content (AvgIpc) is 3.39. The van der Waals surface area contributed by atoms with E-state index in [1.165, 1.54) is 26.5 Å². The maximum Gasteiger partial charge on any atom is 0.379 e. The second-order valence-electron chi connectivity index (χ2n) is 6.45. The highest BCUT2D eigenvalue weighted by Crippen LogP contribution is 2.40. The van der Waals surface area contributed by atoms with E-state index in [9.17, 15) is 9.59 Å². The van der Waals surface area contributed by atoms with Crippen LogP contribution in [0.25, 0.3) is 6.08 Å². The van der Waals surface area contributed by atoms with Crippen molar-refractivity contribution in [1.82, 2.24) is 0 Å². The fourth-order valence-electron chi connectivity index (χ4n) is 3.19. The van der Waals surface area contributed by atoms with Gasteiger partial charge in [-0.2, -0.15) is 0 Å². The molecule has 7 nitrogen and oxygen atoms in total. The number of carbonyl (C=O) groups is 2. The lowest BCUT2D eigenvalue weighted by Gasteiger charge is -2.10. The Labute approximate surface area is 172 Å². The zero-order chi connectivity index (χ0) is 21.3. The molecule has 1 aliphatic heterocycles. The van der Waals surface area contributed by atoms with Crippen molar-refractivity contribution in [3.8, 4) is 23.0 Å². The highest BCUT2D eigenvalue weighted by atomic mass is 16.5. The van der Waals surface area contributed by atoms with Gasteiger partial charge in [-0.3, -0.25) is 4.79 Å². The largest absolute Gasteiger partial charge is 0.493 e. The van der Waals surface area contributed by atoms with Crippen LogP contribution in [0.5, 0.6) is 23.0 Å². The first kappa shape index (κ1) is 19.3. The second kappa shape index (κ2) is 7.79. The van der Waals surface area contributed by atoms with Crippen LogP contribution in [0, 0.1) is 6.92 Å². The van der Waals surface area contributed by atoms with Crippen LogP contribution in [0.4, 0.5) is 0 Å². The van der Waals surface area contributed by atoms with Crippen molar-refractivity contribution in [2.45, 2.75) is 6.92 Å². The van der Waals surface area contributed by atoms with Crippen LogP contribution >= 0.6 is 0 Å². The number of hydrogen-bond donors (Lipinski definition) is 0. The van der Waals surface area contributed by atoms with Crippen LogP contribution in [-0.4, -0.2) is 26.0 Å². The third-order valence-electron chi connectivity index (χ3n) is 4.68. The Balaban J connectivity index is 1.66. The molecule has 0 saturated carbocycles. The summed E-state index contributed by atoms with van der Waals surface area (Å²) in [6.07, 6.45) is 2.98. The molecule has 7 heteroatoms. The van der Waals surface area contributed by atoms with Crippen molar-refractivity contribution in [2.24, 2.45) is 0 Å². The zero-order valence-corrected chi connectivity index (χ0v) is 16.6. The Morgan fingerprint density at radius 2 is 1.83 bits per heavy atom. The van der Waals surface area contributed by atoms with Crippen LogP contribution in [0.2, 0.25) is 0 Å². The van der Waals surface area contributed by atoms with Crippen molar-refractivity contribution >= 4 is 17.8 Å². The molecule has 152 valence electrons. The number of Topliss-reactive ketones (excluding diaryl/α,β-unsaturated/α-hetero) is 1. The third-order valence-corrected chi connectivity index (χ3v) is 4.68. The van der Waals surface area contributed by atoms with E-state index in [1.807, 2.05) is 0 Å². The Morgan fingerprint density at radius 3 is 2.53 bits per heavy atom. The first-order chi connectivity index (χ1) is 14.5. The van der Waals surface area contributed by atoms with Crippen molar-refractivity contribution < 1.29 is 33.0 Å². The molecule has 1 aromatic heterocycles. The summed E-state index contributed by atoms with van der Waals surface area (Å²) in [4.78, 5) is 25.0. The maximum atomic E-state index is 12.8. The summed E-state index contributed by atoms with van der Waals surface area (Å²) >= 11 is 0. The van der Waals surface area contributed by atoms with Crippen LogP contribution in [0.1, 0.15) is 32.0 Å². The quantitative estimate of drug-likeness (QED) is 0.352. The minimum absolute atomic E-state index is 0.0811. The molecule has 0 aliphatic carbocycles. The van der Waals surface area contributed by atoms with E-state index >= 15 is 0 Å². The van der Waals surface area contributed by atoms with Gasteiger partial charge in [0.15, 0.2) is 17.3 Å². The lowest BCUT2D eigenvalue weighted by atomic mass is 10.1. The second-order valence-corrected chi connectivity index (χ2v) is 6.45. The molecule has 30 heavy (non-hydrogen) atoms. The predicted molar refractivity (Wildman–Crippen MR) is 107 cm³/mol. The summed E-state index contributed by atoms with van der Waals surface area (Å²) in [5.41, 5.74) is 1.55. The highest BCUT2D eigenvalue weighted by Gasteiger charge is 2.31. The fraction of sp³-hybridized carbons (Fsp3) is 0.130. The predicted octanol–water partition coefficient (Wildman–Crippen LogP) is 4.44. The topological polar surface area (TPSA) is 84.2 Å². The lowest BCUT2D eigenvalue weighted by molar-refractivity contribution is 0.0699. The molecular formula is C23H18O7. The summed E-state index contributed by atoms with van der Waals surface area (Å²) in [6.45, 7) is 1.71. The summed E-state index contributed by atoms with van der Waals surface area (Å²) in [5, 5.41) is 0. The number of benzene rings is 2. The number of furan rings is 1. The number of allylic oxidation sites excluding steroid dienone is 1. The molecule has 1 aliphatic rings. The molecule has 2 aromatic carbocycles. The molecule has 0 unspecified atom stereocenters. The van der Waals surface area contributed by atoms with Gasteiger partial charge in [-0.25, -0.2) is 4.79 Å². The number of para-hydroxylation sites is 1. The summed E-state index contributed by atoms with van der Waals surface area (Å²) in [6, 6.07) is 11.6. The van der Waals surface area contributed by atoms with Gasteiger partial charge >= 0.3 is 5.97 Å². The number of hydrogen-bond acceptors (Lipinski definition) is 7. The first-order valence-corrected chi connectivity index (χ1v) is 9.08. The van der Waals surface area contributed by atoms with Crippen molar-refractivity contribution in [1.29, 1.82) is 0 Å². The minimum Gasteiger partial charge on any atom is -0.493 e. The van der Waals surface area contributed by atoms with Crippen molar-refractivity contribution in [3.63, 3.8) is 0 Å². The smallest absolute Gasteiger partial charge is 0.379 e. The normalized spacial score (nSPS) is 13.7. The average molecular weight is 406 g/mol. The third kappa shape index (κ3) is 3.30. The molecule has 0 fully saturated rings. The van der Waals surface area contributed by atoms with Crippen LogP contribution in [0.15, 0.2) is 58.9 Å². The SMILES string of the molecule is COc1cccc(/C=C2\Oc3c(ccc(OC(=O)c4ccco4)c3C)C2=O)c1OC. The fourth-order valence-corrected chi connectivity index (χ4v) is 3.19. The van der Waals surface area contributed by atoms with Crippen LogP contribution in [0.3, 0.4) is 0 Å².